The molecule has 1 fully saturated rings. The second kappa shape index (κ2) is 13.6. The highest BCUT2D eigenvalue weighted by Crippen LogP contribution is 2.20. The number of ether oxygens (including phenoxy) is 1. The fourth-order valence-corrected chi connectivity index (χ4v) is 3.44. The van der Waals surface area contributed by atoms with Crippen LogP contribution in [0.25, 0.3) is 11.5 Å². The minimum absolute atomic E-state index is 0. The molecule has 1 aliphatic rings. The summed E-state index contributed by atoms with van der Waals surface area (Å²) < 4.78 is 24.5. The van der Waals surface area contributed by atoms with Gasteiger partial charge in [-0.15, -0.1) is 24.0 Å². The first kappa shape index (κ1) is 24.6. The predicted molar refractivity (Wildman–Crippen MR) is 128 cm³/mol. The van der Waals surface area contributed by atoms with Crippen molar-refractivity contribution in [3.05, 3.63) is 42.0 Å². The standard InChI is InChI=1S/C22H31FN4O2.HI/c1-24-22(25-13-5-15-28-20-6-3-2-4-7-20)26-14-12-19-16-29-21(27-19)17-8-10-18(23)11-9-17;/h8-11,16,20H,2-7,12-15H2,1H3,(H2,24,25,26);1H. The van der Waals surface area contributed by atoms with Crippen molar-refractivity contribution in [1.82, 2.24) is 15.6 Å². The summed E-state index contributed by atoms with van der Waals surface area (Å²) in [7, 11) is 1.76. The summed E-state index contributed by atoms with van der Waals surface area (Å²) >= 11 is 0. The predicted octanol–water partition coefficient (Wildman–Crippen LogP) is 4.55. The van der Waals surface area contributed by atoms with E-state index in [0.29, 0.717) is 25.0 Å². The maximum atomic E-state index is 13.0. The third kappa shape index (κ3) is 8.22. The molecule has 0 unspecified atom stereocenters. The number of halogens is 2. The number of hydrogen-bond acceptors (Lipinski definition) is 4. The number of guanidine groups is 1. The van der Waals surface area contributed by atoms with Crippen LogP contribution < -0.4 is 10.6 Å². The van der Waals surface area contributed by atoms with E-state index < -0.39 is 0 Å². The van der Waals surface area contributed by atoms with Crippen molar-refractivity contribution in [2.45, 2.75) is 51.0 Å². The maximum Gasteiger partial charge on any atom is 0.226 e. The van der Waals surface area contributed by atoms with Crippen molar-refractivity contribution >= 4 is 29.9 Å². The van der Waals surface area contributed by atoms with Gasteiger partial charge in [0, 0.05) is 38.7 Å². The van der Waals surface area contributed by atoms with E-state index >= 15 is 0 Å². The number of hydrogen-bond donors (Lipinski definition) is 2. The van der Waals surface area contributed by atoms with Gasteiger partial charge in [0.05, 0.1) is 11.8 Å². The second-order valence-electron chi connectivity index (χ2n) is 7.31. The zero-order chi connectivity index (χ0) is 20.3. The summed E-state index contributed by atoms with van der Waals surface area (Å²) in [6, 6.07) is 6.12. The molecule has 30 heavy (non-hydrogen) atoms. The Kier molecular flexibility index (Phi) is 11.1. The largest absolute Gasteiger partial charge is 0.444 e. The van der Waals surface area contributed by atoms with Crippen LogP contribution >= 0.6 is 24.0 Å². The normalized spacial score (nSPS) is 14.9. The summed E-state index contributed by atoms with van der Waals surface area (Å²) in [5, 5.41) is 6.59. The van der Waals surface area contributed by atoms with Crippen LogP contribution in [-0.2, 0) is 11.2 Å². The van der Waals surface area contributed by atoms with Crippen molar-refractivity contribution in [2.24, 2.45) is 4.99 Å². The summed E-state index contributed by atoms with van der Waals surface area (Å²) in [4.78, 5) is 8.70. The van der Waals surface area contributed by atoms with Gasteiger partial charge in [0.2, 0.25) is 5.89 Å². The molecule has 1 aromatic carbocycles. The zero-order valence-corrected chi connectivity index (χ0v) is 19.9. The first-order valence-corrected chi connectivity index (χ1v) is 10.5. The van der Waals surface area contributed by atoms with E-state index in [9.17, 15) is 4.39 Å². The molecule has 166 valence electrons. The molecule has 1 aromatic heterocycles. The molecule has 3 rings (SSSR count). The summed E-state index contributed by atoms with van der Waals surface area (Å²) in [6.45, 7) is 2.30. The minimum Gasteiger partial charge on any atom is -0.444 e. The van der Waals surface area contributed by atoms with Crippen molar-refractivity contribution in [3.8, 4) is 11.5 Å². The molecule has 8 heteroatoms. The Balaban J connectivity index is 0.00000320. The van der Waals surface area contributed by atoms with Gasteiger partial charge in [0.25, 0.3) is 0 Å². The van der Waals surface area contributed by atoms with E-state index in [1.807, 2.05) is 0 Å². The van der Waals surface area contributed by atoms with Crippen LogP contribution in [0.1, 0.15) is 44.2 Å². The molecule has 0 spiro atoms. The van der Waals surface area contributed by atoms with Gasteiger partial charge in [-0.2, -0.15) is 0 Å². The van der Waals surface area contributed by atoms with Crippen LogP contribution in [0.4, 0.5) is 4.39 Å². The van der Waals surface area contributed by atoms with Gasteiger partial charge in [0.15, 0.2) is 5.96 Å². The van der Waals surface area contributed by atoms with Crippen LogP contribution in [0.5, 0.6) is 0 Å². The van der Waals surface area contributed by atoms with Gasteiger partial charge in [0.1, 0.15) is 12.1 Å². The molecule has 1 aliphatic carbocycles. The Morgan fingerprint density at radius 1 is 1.17 bits per heavy atom. The molecule has 0 amide bonds. The number of aliphatic imine (C=N–C) groups is 1. The van der Waals surface area contributed by atoms with E-state index in [2.05, 4.69) is 20.6 Å². The van der Waals surface area contributed by atoms with Crippen LogP contribution in [0.3, 0.4) is 0 Å². The monoisotopic (exact) mass is 530 g/mol. The molecule has 1 heterocycles. The third-order valence-corrected chi connectivity index (χ3v) is 5.06. The zero-order valence-electron chi connectivity index (χ0n) is 17.5. The van der Waals surface area contributed by atoms with E-state index in [1.54, 1.807) is 25.4 Å². The molecular weight excluding hydrogens is 498 g/mol. The smallest absolute Gasteiger partial charge is 0.226 e. The lowest BCUT2D eigenvalue weighted by Crippen LogP contribution is -2.39. The van der Waals surface area contributed by atoms with E-state index in [4.69, 9.17) is 9.15 Å². The van der Waals surface area contributed by atoms with E-state index in [1.165, 1.54) is 44.2 Å². The molecule has 6 nitrogen and oxygen atoms in total. The van der Waals surface area contributed by atoms with Crippen LogP contribution in [0.15, 0.2) is 39.9 Å². The summed E-state index contributed by atoms with van der Waals surface area (Å²) in [5.74, 6) is 0.995. The lowest BCUT2D eigenvalue weighted by atomic mass is 9.98. The van der Waals surface area contributed by atoms with E-state index in [0.717, 1.165) is 36.8 Å². The lowest BCUT2D eigenvalue weighted by Gasteiger charge is -2.22. The summed E-state index contributed by atoms with van der Waals surface area (Å²) in [6.07, 6.45) is 10.1. The highest BCUT2D eigenvalue weighted by molar-refractivity contribution is 14.0. The second-order valence-corrected chi connectivity index (χ2v) is 7.31. The minimum atomic E-state index is -0.274. The SMILES string of the molecule is CN=C(NCCCOC1CCCCC1)NCCc1coc(-c2ccc(F)cc2)n1.I. The van der Waals surface area contributed by atoms with Gasteiger partial charge in [-0.25, -0.2) is 9.37 Å². The van der Waals surface area contributed by atoms with Crippen LogP contribution in [0, 0.1) is 5.82 Å². The number of rotatable bonds is 9. The molecule has 0 atom stereocenters. The summed E-state index contributed by atoms with van der Waals surface area (Å²) in [5.41, 5.74) is 1.60. The van der Waals surface area contributed by atoms with Gasteiger partial charge in [-0.1, -0.05) is 19.3 Å². The van der Waals surface area contributed by atoms with Crippen molar-refractivity contribution in [2.75, 3.05) is 26.7 Å². The molecule has 0 bridgehead atoms. The first-order valence-electron chi connectivity index (χ1n) is 10.5. The van der Waals surface area contributed by atoms with Crippen LogP contribution in [-0.4, -0.2) is 43.8 Å². The highest BCUT2D eigenvalue weighted by atomic mass is 127. The third-order valence-electron chi connectivity index (χ3n) is 5.06. The highest BCUT2D eigenvalue weighted by Gasteiger charge is 2.13. The Labute approximate surface area is 195 Å². The van der Waals surface area contributed by atoms with Crippen molar-refractivity contribution in [1.29, 1.82) is 0 Å². The van der Waals surface area contributed by atoms with Gasteiger partial charge >= 0.3 is 0 Å². The van der Waals surface area contributed by atoms with Crippen molar-refractivity contribution < 1.29 is 13.5 Å². The molecule has 0 radical (unpaired) electrons. The number of nitrogens with zero attached hydrogens (tertiary/aromatic N) is 2. The fourth-order valence-electron chi connectivity index (χ4n) is 3.44. The average Bonchev–Trinajstić information content (AvgIpc) is 3.22. The molecule has 2 aromatic rings. The van der Waals surface area contributed by atoms with Gasteiger partial charge in [-0.3, -0.25) is 4.99 Å². The maximum absolute atomic E-state index is 13.0. The Hall–Kier alpha value is -1.68. The van der Waals surface area contributed by atoms with Crippen molar-refractivity contribution in [3.63, 3.8) is 0 Å². The number of oxazole rings is 1. The lowest BCUT2D eigenvalue weighted by molar-refractivity contribution is 0.0277. The number of nitrogens with one attached hydrogen (secondary N) is 2. The van der Waals surface area contributed by atoms with Gasteiger partial charge in [-0.05, 0) is 43.5 Å². The molecule has 2 N–H and O–H groups in total. The average molecular weight is 530 g/mol. The number of aromatic nitrogens is 1. The molecule has 0 aliphatic heterocycles. The fraction of sp³-hybridized carbons (Fsp3) is 0.545. The number of benzene rings is 1. The Morgan fingerprint density at radius 2 is 1.90 bits per heavy atom. The van der Waals surface area contributed by atoms with E-state index in [-0.39, 0.29) is 29.8 Å². The Morgan fingerprint density at radius 3 is 2.63 bits per heavy atom. The topological polar surface area (TPSA) is 71.7 Å². The molecule has 0 saturated heterocycles. The first-order chi connectivity index (χ1) is 14.2. The Bertz CT molecular complexity index is 761. The van der Waals surface area contributed by atoms with Crippen LogP contribution in [0.2, 0.25) is 0 Å². The quantitative estimate of drug-likeness (QED) is 0.216. The van der Waals surface area contributed by atoms with Gasteiger partial charge < -0.3 is 19.8 Å². The molecule has 1 saturated carbocycles. The molecular formula is C22H32FIN4O2.